The number of alkyl halides is 3. The molecule has 0 bridgehead atoms. The standard InChI is InChI=1S/C23H31F3O/c1-27-16-2-3-17-4-6-18(7-5-17)19-8-10-20(11-9-19)21-12-14-22(15-13-21)23(24,25)26/h2-3,12-15,17-20H,4-11,16H2,1H3/b3-2+. The molecule has 27 heavy (non-hydrogen) atoms. The first-order valence-electron chi connectivity index (χ1n) is 10.3. The number of hydrogen-bond acceptors (Lipinski definition) is 1. The van der Waals surface area contributed by atoms with Gasteiger partial charge in [-0.15, -0.1) is 0 Å². The van der Waals surface area contributed by atoms with E-state index in [1.165, 1.54) is 50.7 Å². The Morgan fingerprint density at radius 1 is 0.889 bits per heavy atom. The van der Waals surface area contributed by atoms with Crippen molar-refractivity contribution in [2.24, 2.45) is 17.8 Å². The zero-order chi connectivity index (χ0) is 19.3. The second-order valence-electron chi connectivity index (χ2n) is 8.29. The van der Waals surface area contributed by atoms with Crippen molar-refractivity contribution in [1.29, 1.82) is 0 Å². The highest BCUT2D eigenvalue weighted by Gasteiger charge is 2.32. The second-order valence-corrected chi connectivity index (χ2v) is 8.29. The number of rotatable bonds is 5. The SMILES string of the molecule is COC/C=C/C1CCC(C2CCC(c3ccc(C(F)(F)F)cc3)CC2)CC1. The van der Waals surface area contributed by atoms with Gasteiger partial charge in [-0.05, 0) is 92.7 Å². The zero-order valence-electron chi connectivity index (χ0n) is 16.2. The molecule has 2 fully saturated rings. The maximum atomic E-state index is 12.7. The number of benzene rings is 1. The number of allylic oxidation sites excluding steroid dienone is 1. The van der Waals surface area contributed by atoms with Gasteiger partial charge in [0.2, 0.25) is 0 Å². The molecule has 4 heteroatoms. The van der Waals surface area contributed by atoms with Crippen LogP contribution in [-0.2, 0) is 10.9 Å². The van der Waals surface area contributed by atoms with Crippen molar-refractivity contribution in [3.05, 3.63) is 47.5 Å². The van der Waals surface area contributed by atoms with Crippen LogP contribution in [0, 0.1) is 17.8 Å². The number of hydrogen-bond donors (Lipinski definition) is 0. The van der Waals surface area contributed by atoms with Crippen molar-refractivity contribution in [2.75, 3.05) is 13.7 Å². The molecule has 0 radical (unpaired) electrons. The normalized spacial score (nSPS) is 29.9. The molecule has 150 valence electrons. The minimum Gasteiger partial charge on any atom is -0.381 e. The molecule has 0 unspecified atom stereocenters. The molecular weight excluding hydrogens is 349 g/mol. The molecule has 0 aliphatic heterocycles. The summed E-state index contributed by atoms with van der Waals surface area (Å²) < 4.78 is 43.2. The average Bonchev–Trinajstić information content (AvgIpc) is 2.68. The van der Waals surface area contributed by atoms with Crippen LogP contribution in [0.3, 0.4) is 0 Å². The van der Waals surface area contributed by atoms with E-state index in [2.05, 4.69) is 12.2 Å². The number of ether oxygens (including phenoxy) is 1. The Morgan fingerprint density at radius 3 is 1.96 bits per heavy atom. The van der Waals surface area contributed by atoms with E-state index in [-0.39, 0.29) is 0 Å². The molecule has 1 nitrogen and oxygen atoms in total. The van der Waals surface area contributed by atoms with Gasteiger partial charge < -0.3 is 4.74 Å². The summed E-state index contributed by atoms with van der Waals surface area (Å²) in [5.41, 5.74) is 0.532. The highest BCUT2D eigenvalue weighted by Crippen LogP contribution is 2.44. The third-order valence-corrected chi connectivity index (χ3v) is 6.64. The Labute approximate surface area is 161 Å². The Hall–Kier alpha value is -1.29. The minimum atomic E-state index is -4.24. The number of halogens is 3. The van der Waals surface area contributed by atoms with Gasteiger partial charge in [0, 0.05) is 7.11 Å². The van der Waals surface area contributed by atoms with Crippen LogP contribution >= 0.6 is 0 Å². The molecule has 0 aromatic heterocycles. The number of methoxy groups -OCH3 is 1. The van der Waals surface area contributed by atoms with E-state index in [4.69, 9.17) is 4.74 Å². The summed E-state index contributed by atoms with van der Waals surface area (Å²) in [5.74, 6) is 2.78. The molecule has 1 aromatic rings. The summed E-state index contributed by atoms with van der Waals surface area (Å²) in [6.07, 6.45) is 10.1. The van der Waals surface area contributed by atoms with Crippen LogP contribution in [0.2, 0.25) is 0 Å². The van der Waals surface area contributed by atoms with Gasteiger partial charge in [-0.3, -0.25) is 0 Å². The third kappa shape index (κ3) is 5.60. The van der Waals surface area contributed by atoms with Crippen molar-refractivity contribution in [3.63, 3.8) is 0 Å². The Kier molecular flexibility index (Phi) is 7.02. The quantitative estimate of drug-likeness (QED) is 0.500. The molecule has 0 atom stereocenters. The van der Waals surface area contributed by atoms with Crippen LogP contribution in [-0.4, -0.2) is 13.7 Å². The van der Waals surface area contributed by atoms with Crippen LogP contribution in [0.1, 0.15) is 68.4 Å². The van der Waals surface area contributed by atoms with Gasteiger partial charge in [-0.1, -0.05) is 24.3 Å². The van der Waals surface area contributed by atoms with E-state index >= 15 is 0 Å². The van der Waals surface area contributed by atoms with Crippen LogP contribution in [0.15, 0.2) is 36.4 Å². The molecule has 1 aromatic carbocycles. The van der Waals surface area contributed by atoms with Crippen LogP contribution in [0.4, 0.5) is 13.2 Å². The summed E-state index contributed by atoms with van der Waals surface area (Å²) in [4.78, 5) is 0. The lowest BCUT2D eigenvalue weighted by Gasteiger charge is -2.37. The van der Waals surface area contributed by atoms with E-state index in [0.717, 1.165) is 30.2 Å². The lowest BCUT2D eigenvalue weighted by atomic mass is 9.68. The molecule has 0 spiro atoms. The summed E-state index contributed by atoms with van der Waals surface area (Å²) in [7, 11) is 1.72. The van der Waals surface area contributed by atoms with Gasteiger partial charge in [-0.25, -0.2) is 0 Å². The van der Waals surface area contributed by atoms with Crippen LogP contribution < -0.4 is 0 Å². The predicted octanol–water partition coefficient (Wildman–Crippen LogP) is 6.99. The highest BCUT2D eigenvalue weighted by molar-refractivity contribution is 5.27. The summed E-state index contributed by atoms with van der Waals surface area (Å²) in [6.45, 7) is 0.702. The lowest BCUT2D eigenvalue weighted by Crippen LogP contribution is -2.25. The van der Waals surface area contributed by atoms with Crippen LogP contribution in [0.5, 0.6) is 0 Å². The van der Waals surface area contributed by atoms with Gasteiger partial charge in [0.05, 0.1) is 12.2 Å². The minimum absolute atomic E-state index is 0.428. The van der Waals surface area contributed by atoms with Crippen LogP contribution in [0.25, 0.3) is 0 Å². The first kappa shape index (κ1) is 20.4. The molecule has 0 amide bonds. The van der Waals surface area contributed by atoms with E-state index < -0.39 is 11.7 Å². The molecule has 2 aliphatic rings. The summed E-state index contributed by atoms with van der Waals surface area (Å²) >= 11 is 0. The smallest absolute Gasteiger partial charge is 0.381 e. The molecule has 2 saturated carbocycles. The van der Waals surface area contributed by atoms with Gasteiger partial charge in [-0.2, -0.15) is 13.2 Å². The van der Waals surface area contributed by atoms with Crippen molar-refractivity contribution < 1.29 is 17.9 Å². The van der Waals surface area contributed by atoms with E-state index in [1.54, 1.807) is 19.2 Å². The fourth-order valence-corrected chi connectivity index (χ4v) is 5.02. The molecule has 2 aliphatic carbocycles. The largest absolute Gasteiger partial charge is 0.416 e. The monoisotopic (exact) mass is 380 g/mol. The van der Waals surface area contributed by atoms with Gasteiger partial charge in [0.25, 0.3) is 0 Å². The molecule has 0 heterocycles. The fourth-order valence-electron chi connectivity index (χ4n) is 5.02. The second kappa shape index (κ2) is 9.27. The van der Waals surface area contributed by atoms with E-state index in [0.29, 0.717) is 18.4 Å². The van der Waals surface area contributed by atoms with E-state index in [1.807, 2.05) is 0 Å². The van der Waals surface area contributed by atoms with Crippen molar-refractivity contribution in [3.8, 4) is 0 Å². The Balaban J connectivity index is 1.45. The maximum Gasteiger partial charge on any atom is 0.416 e. The predicted molar refractivity (Wildman–Crippen MR) is 103 cm³/mol. The van der Waals surface area contributed by atoms with E-state index in [9.17, 15) is 13.2 Å². The first-order valence-corrected chi connectivity index (χ1v) is 10.3. The molecule has 0 saturated heterocycles. The molecular formula is C23H31F3O. The summed E-state index contributed by atoms with van der Waals surface area (Å²) in [6, 6.07) is 5.84. The third-order valence-electron chi connectivity index (χ3n) is 6.64. The van der Waals surface area contributed by atoms with Gasteiger partial charge in [0.1, 0.15) is 0 Å². The van der Waals surface area contributed by atoms with Crippen molar-refractivity contribution in [1.82, 2.24) is 0 Å². The van der Waals surface area contributed by atoms with Crippen molar-refractivity contribution >= 4 is 0 Å². The maximum absolute atomic E-state index is 12.7. The highest BCUT2D eigenvalue weighted by atomic mass is 19.4. The van der Waals surface area contributed by atoms with Gasteiger partial charge in [0.15, 0.2) is 0 Å². The molecule has 0 N–H and O–H groups in total. The average molecular weight is 380 g/mol. The molecule has 3 rings (SSSR count). The first-order chi connectivity index (χ1) is 13.0. The van der Waals surface area contributed by atoms with Gasteiger partial charge >= 0.3 is 6.18 Å². The Bertz CT molecular complexity index is 589. The fraction of sp³-hybridized carbons (Fsp3) is 0.652. The topological polar surface area (TPSA) is 9.23 Å². The lowest BCUT2D eigenvalue weighted by molar-refractivity contribution is -0.137. The van der Waals surface area contributed by atoms with Crippen molar-refractivity contribution in [2.45, 2.75) is 63.5 Å². The Morgan fingerprint density at radius 2 is 1.44 bits per heavy atom. The zero-order valence-corrected chi connectivity index (χ0v) is 16.2. The summed E-state index contributed by atoms with van der Waals surface area (Å²) in [5, 5.41) is 0.